The summed E-state index contributed by atoms with van der Waals surface area (Å²) in [5.41, 5.74) is 0.0333. The number of carbonyl (C=O) groups is 1. The Morgan fingerprint density at radius 3 is 2.37 bits per heavy atom. The van der Waals surface area contributed by atoms with Gasteiger partial charge in [-0.15, -0.1) is 0 Å². The average molecular weight is 273 g/mol. The van der Waals surface area contributed by atoms with Crippen LogP contribution in [0.1, 0.15) is 19.4 Å². The van der Waals surface area contributed by atoms with Crippen LogP contribution in [0, 0.1) is 0 Å². The van der Waals surface area contributed by atoms with Gasteiger partial charge < -0.3 is 9.47 Å². The Balaban J connectivity index is 2.57. The van der Waals surface area contributed by atoms with E-state index in [2.05, 4.69) is 14.8 Å². The van der Waals surface area contributed by atoms with Gasteiger partial charge in [0.05, 0.1) is 7.11 Å². The van der Waals surface area contributed by atoms with Gasteiger partial charge in [-0.1, -0.05) is 12.1 Å². The Labute approximate surface area is 110 Å². The molecule has 0 atom stereocenters. The molecule has 0 bridgehead atoms. The number of hydrogen-bond donors (Lipinski definition) is 1. The fourth-order valence-corrected chi connectivity index (χ4v) is 1.44. The minimum atomic E-state index is -2.83. The molecule has 1 aromatic rings. The van der Waals surface area contributed by atoms with Crippen molar-refractivity contribution in [2.75, 3.05) is 7.11 Å². The summed E-state index contributed by atoms with van der Waals surface area (Å²) in [7, 11) is 1.32. The van der Waals surface area contributed by atoms with Gasteiger partial charge in [0.15, 0.2) is 0 Å². The molecule has 4 nitrogen and oxygen atoms in total. The van der Waals surface area contributed by atoms with Gasteiger partial charge >= 0.3 is 12.6 Å². The molecule has 0 fully saturated rings. The lowest BCUT2D eigenvalue weighted by Gasteiger charge is -2.23. The van der Waals surface area contributed by atoms with Gasteiger partial charge in [-0.2, -0.15) is 8.78 Å². The summed E-state index contributed by atoms with van der Waals surface area (Å²) in [4.78, 5) is 11.4. The molecule has 19 heavy (non-hydrogen) atoms. The highest BCUT2D eigenvalue weighted by Gasteiger charge is 2.27. The first kappa shape index (κ1) is 15.4. The van der Waals surface area contributed by atoms with E-state index in [0.29, 0.717) is 6.54 Å². The van der Waals surface area contributed by atoms with E-state index in [-0.39, 0.29) is 11.7 Å². The van der Waals surface area contributed by atoms with Crippen molar-refractivity contribution in [3.63, 3.8) is 0 Å². The zero-order chi connectivity index (χ0) is 14.5. The number of rotatable bonds is 6. The van der Waals surface area contributed by atoms with Crippen molar-refractivity contribution in [3.8, 4) is 5.75 Å². The maximum Gasteiger partial charge on any atom is 0.387 e. The van der Waals surface area contributed by atoms with Crippen LogP contribution in [0.15, 0.2) is 24.3 Å². The molecule has 0 heterocycles. The number of nitrogens with one attached hydrogen (secondary N) is 1. The molecule has 1 rings (SSSR count). The number of alkyl halides is 2. The minimum absolute atomic E-state index is 0.103. The first-order valence-corrected chi connectivity index (χ1v) is 5.72. The highest BCUT2D eigenvalue weighted by Crippen LogP contribution is 2.15. The third-order valence-electron chi connectivity index (χ3n) is 2.58. The molecule has 106 valence electrons. The van der Waals surface area contributed by atoms with Crippen LogP contribution in [0.3, 0.4) is 0 Å². The SMILES string of the molecule is COC(=O)C(C)(C)NCc1ccc(OC(F)F)cc1. The Kier molecular flexibility index (Phi) is 5.23. The third-order valence-corrected chi connectivity index (χ3v) is 2.58. The number of carbonyl (C=O) groups excluding carboxylic acids is 1. The zero-order valence-corrected chi connectivity index (χ0v) is 11.1. The number of esters is 1. The molecule has 0 aliphatic heterocycles. The Morgan fingerprint density at radius 2 is 1.89 bits per heavy atom. The quantitative estimate of drug-likeness (QED) is 0.808. The van der Waals surface area contributed by atoms with Crippen LogP contribution in [0.4, 0.5) is 8.78 Å². The Hall–Kier alpha value is -1.69. The molecular weight excluding hydrogens is 256 g/mol. The zero-order valence-electron chi connectivity index (χ0n) is 11.1. The van der Waals surface area contributed by atoms with Crippen molar-refractivity contribution in [1.82, 2.24) is 5.32 Å². The van der Waals surface area contributed by atoms with Gasteiger partial charge in [-0.3, -0.25) is 10.1 Å². The van der Waals surface area contributed by atoms with Crippen LogP contribution in [-0.4, -0.2) is 25.2 Å². The van der Waals surface area contributed by atoms with Crippen molar-refractivity contribution in [3.05, 3.63) is 29.8 Å². The van der Waals surface area contributed by atoms with E-state index in [9.17, 15) is 13.6 Å². The molecule has 0 amide bonds. The molecule has 0 radical (unpaired) electrons. The molecule has 6 heteroatoms. The summed E-state index contributed by atoms with van der Waals surface area (Å²) in [5, 5.41) is 3.02. The predicted molar refractivity (Wildman–Crippen MR) is 66.0 cm³/mol. The van der Waals surface area contributed by atoms with Crippen LogP contribution in [-0.2, 0) is 16.1 Å². The minimum Gasteiger partial charge on any atom is -0.468 e. The summed E-state index contributed by atoms with van der Waals surface area (Å²) >= 11 is 0. The molecule has 0 spiro atoms. The second kappa shape index (κ2) is 6.47. The van der Waals surface area contributed by atoms with Crippen LogP contribution >= 0.6 is 0 Å². The largest absolute Gasteiger partial charge is 0.468 e. The monoisotopic (exact) mass is 273 g/mol. The van der Waals surface area contributed by atoms with Gasteiger partial charge in [0.1, 0.15) is 11.3 Å². The number of hydrogen-bond acceptors (Lipinski definition) is 4. The summed E-state index contributed by atoms with van der Waals surface area (Å²) in [6, 6.07) is 6.21. The summed E-state index contributed by atoms with van der Waals surface area (Å²) in [5.74, 6) is -0.267. The second-order valence-corrected chi connectivity index (χ2v) is 4.49. The van der Waals surface area contributed by atoms with E-state index in [1.807, 2.05) is 0 Å². The van der Waals surface area contributed by atoms with Crippen molar-refractivity contribution in [1.29, 1.82) is 0 Å². The van der Waals surface area contributed by atoms with E-state index >= 15 is 0 Å². The topological polar surface area (TPSA) is 47.6 Å². The predicted octanol–water partition coefficient (Wildman–Crippen LogP) is 2.33. The van der Waals surface area contributed by atoms with Crippen molar-refractivity contribution in [2.24, 2.45) is 0 Å². The second-order valence-electron chi connectivity index (χ2n) is 4.49. The Morgan fingerprint density at radius 1 is 1.32 bits per heavy atom. The molecule has 0 unspecified atom stereocenters. The van der Waals surface area contributed by atoms with Gasteiger partial charge in [0.25, 0.3) is 0 Å². The maximum atomic E-state index is 12.0. The fraction of sp³-hybridized carbons (Fsp3) is 0.462. The number of ether oxygens (including phenoxy) is 2. The number of halogens is 2. The maximum absolute atomic E-state index is 12.0. The average Bonchev–Trinajstić information content (AvgIpc) is 2.36. The van der Waals surface area contributed by atoms with E-state index in [1.165, 1.54) is 19.2 Å². The third kappa shape index (κ3) is 4.82. The summed E-state index contributed by atoms with van der Waals surface area (Å²) < 4.78 is 32.8. The molecule has 0 aliphatic carbocycles. The molecule has 0 aliphatic rings. The first-order chi connectivity index (χ1) is 8.85. The van der Waals surface area contributed by atoms with Crippen LogP contribution < -0.4 is 10.1 Å². The molecule has 0 saturated carbocycles. The normalized spacial score (nSPS) is 11.5. The van der Waals surface area contributed by atoms with E-state index in [0.717, 1.165) is 5.56 Å². The molecule has 1 aromatic carbocycles. The number of benzene rings is 1. The molecular formula is C13H17F2NO3. The molecule has 1 N–H and O–H groups in total. The van der Waals surface area contributed by atoms with Gasteiger partial charge in [-0.05, 0) is 31.5 Å². The molecule has 0 aromatic heterocycles. The van der Waals surface area contributed by atoms with Gasteiger partial charge in [0.2, 0.25) is 0 Å². The smallest absolute Gasteiger partial charge is 0.387 e. The lowest BCUT2D eigenvalue weighted by molar-refractivity contribution is -0.147. The van der Waals surface area contributed by atoms with E-state index in [4.69, 9.17) is 0 Å². The van der Waals surface area contributed by atoms with Crippen LogP contribution in [0.25, 0.3) is 0 Å². The van der Waals surface area contributed by atoms with E-state index in [1.54, 1.807) is 26.0 Å². The van der Waals surface area contributed by atoms with Crippen molar-refractivity contribution in [2.45, 2.75) is 32.5 Å². The highest BCUT2D eigenvalue weighted by molar-refractivity contribution is 5.79. The van der Waals surface area contributed by atoms with Crippen molar-refractivity contribution < 1.29 is 23.0 Å². The molecule has 0 saturated heterocycles. The van der Waals surface area contributed by atoms with E-state index < -0.39 is 12.2 Å². The fourth-order valence-electron chi connectivity index (χ4n) is 1.44. The summed E-state index contributed by atoms with van der Waals surface area (Å²) in [6.45, 7) is 0.985. The van der Waals surface area contributed by atoms with Crippen LogP contribution in [0.5, 0.6) is 5.75 Å². The van der Waals surface area contributed by atoms with Crippen molar-refractivity contribution >= 4 is 5.97 Å². The Bertz CT molecular complexity index is 418. The highest BCUT2D eigenvalue weighted by atomic mass is 19.3. The standard InChI is InChI=1S/C13H17F2NO3/c1-13(2,11(17)18-3)16-8-9-4-6-10(7-5-9)19-12(14)15/h4-7,12,16H,8H2,1-3H3. The van der Waals surface area contributed by atoms with Gasteiger partial charge in [-0.25, -0.2) is 0 Å². The lowest BCUT2D eigenvalue weighted by Crippen LogP contribution is -2.46. The summed E-state index contributed by atoms with van der Waals surface area (Å²) in [6.07, 6.45) is 0. The number of methoxy groups -OCH3 is 1. The first-order valence-electron chi connectivity index (χ1n) is 5.72. The van der Waals surface area contributed by atoms with Gasteiger partial charge in [0, 0.05) is 6.54 Å². The lowest BCUT2D eigenvalue weighted by atomic mass is 10.1. The van der Waals surface area contributed by atoms with Crippen LogP contribution in [0.2, 0.25) is 0 Å².